The smallest absolute Gasteiger partial charge is 0.137 e. The number of nitrogens with one attached hydrogen (secondary N) is 1. The van der Waals surface area contributed by atoms with Gasteiger partial charge in [-0.3, -0.25) is 4.98 Å². The van der Waals surface area contributed by atoms with Gasteiger partial charge in [0.2, 0.25) is 0 Å². The average Bonchev–Trinajstić information content (AvgIpc) is 2.32. The van der Waals surface area contributed by atoms with Crippen LogP contribution in [-0.2, 0) is 6.54 Å². The molecule has 1 heterocycles. The first-order chi connectivity index (χ1) is 8.56. The zero-order valence-corrected chi connectivity index (χ0v) is 13.8. The largest absolute Gasteiger partial charge is 0.379 e. The Kier molecular flexibility index (Phi) is 4.75. The van der Waals surface area contributed by atoms with E-state index in [1.54, 1.807) is 18.3 Å². The SMILES string of the molecule is Fc1ccc(NCc2ncc(Br)cc2Br)cc1Br. The minimum Gasteiger partial charge on any atom is -0.379 e. The second-order valence-electron chi connectivity index (χ2n) is 3.56. The summed E-state index contributed by atoms with van der Waals surface area (Å²) in [6, 6.07) is 6.73. The molecule has 1 aromatic carbocycles. The molecule has 0 bridgehead atoms. The Bertz CT molecular complexity index is 575. The number of anilines is 1. The van der Waals surface area contributed by atoms with Gasteiger partial charge in [0.1, 0.15) is 5.82 Å². The Morgan fingerprint density at radius 3 is 2.56 bits per heavy atom. The molecule has 1 N–H and O–H groups in total. The van der Waals surface area contributed by atoms with Gasteiger partial charge in [-0.15, -0.1) is 0 Å². The Hall–Kier alpha value is -0.460. The van der Waals surface area contributed by atoms with Crippen molar-refractivity contribution in [3.63, 3.8) is 0 Å². The van der Waals surface area contributed by atoms with Gasteiger partial charge >= 0.3 is 0 Å². The number of hydrogen-bond acceptors (Lipinski definition) is 2. The van der Waals surface area contributed by atoms with E-state index in [0.717, 1.165) is 20.3 Å². The fourth-order valence-corrected chi connectivity index (χ4v) is 2.87. The topological polar surface area (TPSA) is 24.9 Å². The van der Waals surface area contributed by atoms with Crippen molar-refractivity contribution in [1.29, 1.82) is 0 Å². The number of nitrogens with zero attached hydrogens (tertiary/aromatic N) is 1. The van der Waals surface area contributed by atoms with E-state index in [-0.39, 0.29) is 5.82 Å². The van der Waals surface area contributed by atoms with Crippen LogP contribution in [0.15, 0.2) is 43.9 Å². The van der Waals surface area contributed by atoms with Gasteiger partial charge in [-0.05, 0) is 72.1 Å². The summed E-state index contributed by atoms with van der Waals surface area (Å²) < 4.78 is 15.4. The van der Waals surface area contributed by atoms with Gasteiger partial charge in [0.15, 0.2) is 0 Å². The molecule has 0 aliphatic heterocycles. The zero-order chi connectivity index (χ0) is 13.1. The van der Waals surface area contributed by atoms with Gasteiger partial charge < -0.3 is 5.32 Å². The highest BCUT2D eigenvalue weighted by atomic mass is 79.9. The van der Waals surface area contributed by atoms with Gasteiger partial charge in [0.05, 0.1) is 16.7 Å². The second kappa shape index (κ2) is 6.12. The van der Waals surface area contributed by atoms with Gasteiger partial charge in [-0.25, -0.2) is 4.39 Å². The number of benzene rings is 1. The summed E-state index contributed by atoms with van der Waals surface area (Å²) in [7, 11) is 0. The van der Waals surface area contributed by atoms with Crippen LogP contribution in [0.2, 0.25) is 0 Å². The first-order valence-corrected chi connectivity index (χ1v) is 7.43. The summed E-state index contributed by atoms with van der Waals surface area (Å²) in [4.78, 5) is 4.29. The molecule has 94 valence electrons. The first-order valence-electron chi connectivity index (χ1n) is 5.05. The Labute approximate surface area is 129 Å². The summed E-state index contributed by atoms with van der Waals surface area (Å²) in [6.45, 7) is 0.561. The predicted molar refractivity (Wildman–Crippen MR) is 81.1 cm³/mol. The van der Waals surface area contributed by atoms with E-state index in [9.17, 15) is 4.39 Å². The van der Waals surface area contributed by atoms with Crippen LogP contribution in [0.1, 0.15) is 5.69 Å². The third-order valence-electron chi connectivity index (χ3n) is 2.26. The van der Waals surface area contributed by atoms with Gasteiger partial charge in [0.25, 0.3) is 0 Å². The number of hydrogen-bond donors (Lipinski definition) is 1. The van der Waals surface area contributed by atoms with Crippen LogP contribution in [0.5, 0.6) is 0 Å². The molecule has 0 saturated heterocycles. The fraction of sp³-hybridized carbons (Fsp3) is 0.0833. The van der Waals surface area contributed by atoms with Gasteiger partial charge in [0, 0.05) is 20.8 Å². The molecule has 18 heavy (non-hydrogen) atoms. The first kappa shape index (κ1) is 14.0. The maximum Gasteiger partial charge on any atom is 0.137 e. The minimum absolute atomic E-state index is 0.275. The summed E-state index contributed by atoms with van der Waals surface area (Å²) >= 11 is 9.94. The van der Waals surface area contributed by atoms with Crippen molar-refractivity contribution in [3.8, 4) is 0 Å². The van der Waals surface area contributed by atoms with Gasteiger partial charge in [-0.1, -0.05) is 0 Å². The normalized spacial score (nSPS) is 10.4. The molecule has 0 atom stereocenters. The average molecular weight is 439 g/mol. The lowest BCUT2D eigenvalue weighted by Crippen LogP contribution is -2.02. The predicted octanol–water partition coefficient (Wildman–Crippen LogP) is 5.12. The fourth-order valence-electron chi connectivity index (χ4n) is 1.36. The van der Waals surface area contributed by atoms with Gasteiger partial charge in [-0.2, -0.15) is 0 Å². The van der Waals surface area contributed by atoms with E-state index in [0.29, 0.717) is 11.0 Å². The van der Waals surface area contributed by atoms with Crippen LogP contribution in [-0.4, -0.2) is 4.98 Å². The van der Waals surface area contributed by atoms with Crippen molar-refractivity contribution >= 4 is 53.5 Å². The van der Waals surface area contributed by atoms with Crippen LogP contribution >= 0.6 is 47.8 Å². The minimum atomic E-state index is -0.275. The number of pyridine rings is 1. The van der Waals surface area contributed by atoms with Crippen molar-refractivity contribution < 1.29 is 4.39 Å². The summed E-state index contributed by atoms with van der Waals surface area (Å²) in [5.74, 6) is -0.275. The van der Waals surface area contributed by atoms with Crippen LogP contribution in [0.4, 0.5) is 10.1 Å². The summed E-state index contributed by atoms with van der Waals surface area (Å²) in [5, 5.41) is 3.18. The molecule has 2 rings (SSSR count). The van der Waals surface area contributed by atoms with Crippen molar-refractivity contribution in [2.24, 2.45) is 0 Å². The lowest BCUT2D eigenvalue weighted by molar-refractivity contribution is 0.621. The molecular weight excluding hydrogens is 431 g/mol. The van der Waals surface area contributed by atoms with Crippen molar-refractivity contribution in [1.82, 2.24) is 4.98 Å². The molecule has 6 heteroatoms. The monoisotopic (exact) mass is 436 g/mol. The molecule has 0 amide bonds. The highest BCUT2D eigenvalue weighted by Crippen LogP contribution is 2.23. The Morgan fingerprint density at radius 2 is 1.89 bits per heavy atom. The van der Waals surface area contributed by atoms with E-state index in [2.05, 4.69) is 58.1 Å². The highest BCUT2D eigenvalue weighted by molar-refractivity contribution is 9.11. The summed E-state index contributed by atoms with van der Waals surface area (Å²) in [5.41, 5.74) is 1.72. The quantitative estimate of drug-likeness (QED) is 0.719. The van der Waals surface area contributed by atoms with Crippen molar-refractivity contribution in [2.75, 3.05) is 5.32 Å². The van der Waals surface area contributed by atoms with Crippen LogP contribution in [0.25, 0.3) is 0 Å². The third kappa shape index (κ3) is 3.52. The van der Waals surface area contributed by atoms with Crippen molar-refractivity contribution in [2.45, 2.75) is 6.54 Å². The van der Waals surface area contributed by atoms with Crippen LogP contribution in [0.3, 0.4) is 0 Å². The maximum absolute atomic E-state index is 13.1. The second-order valence-corrected chi connectivity index (χ2v) is 6.19. The number of aromatic nitrogens is 1. The zero-order valence-electron chi connectivity index (χ0n) is 9.05. The van der Waals surface area contributed by atoms with E-state index in [1.807, 2.05) is 6.07 Å². The molecule has 0 radical (unpaired) electrons. The molecule has 0 aliphatic rings. The standard InChI is InChI=1S/C12H8Br3FN2/c13-7-3-10(15)12(18-5-7)6-17-8-1-2-11(16)9(14)4-8/h1-5,17H,6H2. The molecule has 0 spiro atoms. The number of halogens is 4. The Balaban J connectivity index is 2.09. The lowest BCUT2D eigenvalue weighted by Gasteiger charge is -2.08. The van der Waals surface area contributed by atoms with E-state index in [4.69, 9.17) is 0 Å². The number of rotatable bonds is 3. The van der Waals surface area contributed by atoms with Crippen molar-refractivity contribution in [3.05, 3.63) is 55.4 Å². The van der Waals surface area contributed by atoms with Crippen LogP contribution < -0.4 is 5.32 Å². The molecule has 2 aromatic rings. The van der Waals surface area contributed by atoms with E-state index in [1.165, 1.54) is 6.07 Å². The summed E-state index contributed by atoms with van der Waals surface area (Å²) in [6.07, 6.45) is 1.74. The lowest BCUT2D eigenvalue weighted by atomic mass is 10.3. The molecule has 2 nitrogen and oxygen atoms in total. The van der Waals surface area contributed by atoms with E-state index < -0.39 is 0 Å². The molecular formula is C12H8Br3FN2. The van der Waals surface area contributed by atoms with E-state index >= 15 is 0 Å². The molecule has 0 fully saturated rings. The Morgan fingerprint density at radius 1 is 1.11 bits per heavy atom. The third-order valence-corrected chi connectivity index (χ3v) is 3.99. The molecule has 0 saturated carbocycles. The molecule has 0 aliphatic carbocycles. The molecule has 0 unspecified atom stereocenters. The maximum atomic E-state index is 13.1. The highest BCUT2D eigenvalue weighted by Gasteiger charge is 2.04. The van der Waals surface area contributed by atoms with Crippen LogP contribution in [0, 0.1) is 5.82 Å². The molecule has 1 aromatic heterocycles.